The van der Waals surface area contributed by atoms with E-state index in [2.05, 4.69) is 15.2 Å². The van der Waals surface area contributed by atoms with Gasteiger partial charge in [0.1, 0.15) is 11.5 Å². The summed E-state index contributed by atoms with van der Waals surface area (Å²) in [5, 5.41) is 15.1. The van der Waals surface area contributed by atoms with E-state index in [1.165, 1.54) is 6.07 Å². The van der Waals surface area contributed by atoms with Crippen LogP contribution in [-0.4, -0.2) is 42.0 Å². The maximum atomic E-state index is 12.6. The maximum absolute atomic E-state index is 12.6. The molecule has 2 heterocycles. The van der Waals surface area contributed by atoms with Crippen molar-refractivity contribution in [3.63, 3.8) is 0 Å². The van der Waals surface area contributed by atoms with Gasteiger partial charge < -0.3 is 15.1 Å². The smallest absolute Gasteiger partial charge is 0.293 e. The highest BCUT2D eigenvalue weighted by Crippen LogP contribution is 2.30. The number of benzene rings is 2. The molecule has 3 aromatic rings. The van der Waals surface area contributed by atoms with Gasteiger partial charge in [-0.3, -0.25) is 14.9 Å². The van der Waals surface area contributed by atoms with Crippen LogP contribution in [0.1, 0.15) is 15.9 Å². The van der Waals surface area contributed by atoms with Crippen molar-refractivity contribution in [1.82, 2.24) is 10.3 Å². The van der Waals surface area contributed by atoms with Crippen LogP contribution in [0.4, 0.5) is 17.2 Å². The SMILES string of the molecule is O=C(NCc1ccccc1Cl)c1ccc(N2CCN(c3ccccn3)CC2)c([N+](=O)[O-])c1. The third-order valence-corrected chi connectivity index (χ3v) is 5.79. The van der Waals surface area contributed by atoms with Gasteiger partial charge in [0.05, 0.1) is 4.92 Å². The Morgan fingerprint density at radius 1 is 1.03 bits per heavy atom. The number of anilines is 2. The average Bonchev–Trinajstić information content (AvgIpc) is 2.83. The Bertz CT molecular complexity index is 1120. The molecule has 1 N–H and O–H groups in total. The van der Waals surface area contributed by atoms with Crippen LogP contribution >= 0.6 is 11.6 Å². The third-order valence-electron chi connectivity index (χ3n) is 5.43. The van der Waals surface area contributed by atoms with Crippen molar-refractivity contribution in [3.8, 4) is 0 Å². The van der Waals surface area contributed by atoms with Crippen molar-refractivity contribution in [2.45, 2.75) is 6.54 Å². The van der Waals surface area contributed by atoms with E-state index in [1.54, 1.807) is 24.4 Å². The van der Waals surface area contributed by atoms with Crippen molar-refractivity contribution in [2.75, 3.05) is 36.0 Å². The minimum absolute atomic E-state index is 0.0818. The van der Waals surface area contributed by atoms with Crippen LogP contribution < -0.4 is 15.1 Å². The maximum Gasteiger partial charge on any atom is 0.293 e. The number of hydrogen-bond acceptors (Lipinski definition) is 6. The predicted molar refractivity (Wildman–Crippen MR) is 124 cm³/mol. The molecule has 1 saturated heterocycles. The first kappa shape index (κ1) is 21.6. The minimum atomic E-state index is -0.439. The van der Waals surface area contributed by atoms with E-state index in [9.17, 15) is 14.9 Å². The summed E-state index contributed by atoms with van der Waals surface area (Å²) in [6, 6.07) is 17.6. The lowest BCUT2D eigenvalue weighted by Gasteiger charge is -2.36. The highest BCUT2D eigenvalue weighted by molar-refractivity contribution is 6.31. The molecule has 0 bridgehead atoms. The molecule has 0 atom stereocenters. The number of halogens is 1. The molecule has 0 unspecified atom stereocenters. The molecule has 32 heavy (non-hydrogen) atoms. The Morgan fingerprint density at radius 2 is 1.75 bits per heavy atom. The number of amides is 1. The van der Waals surface area contributed by atoms with E-state index >= 15 is 0 Å². The summed E-state index contributed by atoms with van der Waals surface area (Å²) in [7, 11) is 0. The van der Waals surface area contributed by atoms with Gasteiger partial charge in [-0.15, -0.1) is 0 Å². The fourth-order valence-electron chi connectivity index (χ4n) is 3.71. The van der Waals surface area contributed by atoms with E-state index < -0.39 is 4.92 Å². The number of carbonyl (C=O) groups excluding carboxylic acids is 1. The number of rotatable bonds is 6. The molecule has 0 spiro atoms. The summed E-state index contributed by atoms with van der Waals surface area (Å²) in [6.07, 6.45) is 1.75. The number of hydrogen-bond donors (Lipinski definition) is 1. The van der Waals surface area contributed by atoms with Crippen LogP contribution in [0, 0.1) is 10.1 Å². The molecule has 1 aliphatic heterocycles. The van der Waals surface area contributed by atoms with Crippen LogP contribution in [0.15, 0.2) is 66.9 Å². The van der Waals surface area contributed by atoms with Crippen molar-refractivity contribution in [2.24, 2.45) is 0 Å². The Morgan fingerprint density at radius 3 is 2.44 bits per heavy atom. The first-order chi connectivity index (χ1) is 15.5. The highest BCUT2D eigenvalue weighted by Gasteiger charge is 2.25. The molecule has 9 heteroatoms. The zero-order chi connectivity index (χ0) is 22.5. The number of aromatic nitrogens is 1. The topological polar surface area (TPSA) is 91.6 Å². The third kappa shape index (κ3) is 4.81. The standard InChI is InChI=1S/C23H22ClN5O3/c24-19-6-2-1-5-18(19)16-26-23(30)17-8-9-20(21(15-17)29(31)32)27-11-13-28(14-12-27)22-7-3-4-10-25-22/h1-10,15H,11-14,16H2,(H,26,30). The van der Waals surface area contributed by atoms with Crippen LogP contribution in [0.3, 0.4) is 0 Å². The van der Waals surface area contributed by atoms with Crippen LogP contribution in [0.25, 0.3) is 0 Å². The summed E-state index contributed by atoms with van der Waals surface area (Å²) in [4.78, 5) is 32.4. The van der Waals surface area contributed by atoms with Gasteiger partial charge in [-0.05, 0) is 35.9 Å². The van der Waals surface area contributed by atoms with Crippen molar-refractivity contribution in [1.29, 1.82) is 0 Å². The number of piperazine rings is 1. The Labute approximate surface area is 190 Å². The number of pyridine rings is 1. The molecule has 1 amide bonds. The van der Waals surface area contributed by atoms with Gasteiger partial charge in [-0.2, -0.15) is 0 Å². The van der Waals surface area contributed by atoms with Crippen LogP contribution in [-0.2, 0) is 6.54 Å². The quantitative estimate of drug-likeness (QED) is 0.451. The average molecular weight is 452 g/mol. The summed E-state index contributed by atoms with van der Waals surface area (Å²) in [5.41, 5.74) is 1.44. The Kier molecular flexibility index (Phi) is 6.51. The molecule has 0 radical (unpaired) electrons. The Hall–Kier alpha value is -3.65. The number of nitro groups is 1. The fraction of sp³-hybridized carbons (Fsp3) is 0.217. The lowest BCUT2D eigenvalue weighted by molar-refractivity contribution is -0.384. The monoisotopic (exact) mass is 451 g/mol. The molecule has 0 aliphatic carbocycles. The molecular weight excluding hydrogens is 430 g/mol. The number of nitrogens with zero attached hydrogens (tertiary/aromatic N) is 4. The molecule has 1 aromatic heterocycles. The zero-order valence-electron chi connectivity index (χ0n) is 17.3. The van der Waals surface area contributed by atoms with Gasteiger partial charge in [0.2, 0.25) is 0 Å². The number of carbonyl (C=O) groups is 1. The van der Waals surface area contributed by atoms with E-state index in [-0.39, 0.29) is 23.7 Å². The largest absolute Gasteiger partial charge is 0.362 e. The van der Waals surface area contributed by atoms with Gasteiger partial charge >= 0.3 is 0 Å². The molecule has 0 saturated carbocycles. The van der Waals surface area contributed by atoms with Crippen molar-refractivity contribution < 1.29 is 9.72 Å². The van der Waals surface area contributed by atoms with Gasteiger partial charge in [-0.25, -0.2) is 4.98 Å². The van der Waals surface area contributed by atoms with Crippen molar-refractivity contribution >= 4 is 34.7 Å². The second-order valence-corrected chi connectivity index (χ2v) is 7.80. The lowest BCUT2D eigenvalue weighted by atomic mass is 10.1. The van der Waals surface area contributed by atoms with E-state index in [0.29, 0.717) is 36.9 Å². The molecule has 4 rings (SSSR count). The lowest BCUT2D eigenvalue weighted by Crippen LogP contribution is -2.47. The summed E-state index contributed by atoms with van der Waals surface area (Å²) >= 11 is 6.12. The molecule has 8 nitrogen and oxygen atoms in total. The fourth-order valence-corrected chi connectivity index (χ4v) is 3.92. The van der Waals surface area contributed by atoms with Crippen LogP contribution in [0.5, 0.6) is 0 Å². The highest BCUT2D eigenvalue weighted by atomic mass is 35.5. The van der Waals surface area contributed by atoms with E-state index in [4.69, 9.17) is 11.6 Å². The Balaban J connectivity index is 1.46. The van der Waals surface area contributed by atoms with Crippen LogP contribution in [0.2, 0.25) is 5.02 Å². The second kappa shape index (κ2) is 9.65. The van der Waals surface area contributed by atoms with Crippen molar-refractivity contribution in [3.05, 3.63) is 93.1 Å². The normalized spacial score (nSPS) is 13.7. The van der Waals surface area contributed by atoms with Gasteiger partial charge in [0.15, 0.2) is 0 Å². The minimum Gasteiger partial charge on any atom is -0.362 e. The molecule has 1 aliphatic rings. The number of nitrogens with one attached hydrogen (secondary N) is 1. The first-order valence-electron chi connectivity index (χ1n) is 10.2. The van der Waals surface area contributed by atoms with Gasteiger partial charge in [-0.1, -0.05) is 35.9 Å². The second-order valence-electron chi connectivity index (χ2n) is 7.40. The van der Waals surface area contributed by atoms with Gasteiger partial charge in [0.25, 0.3) is 11.6 Å². The van der Waals surface area contributed by atoms with E-state index in [0.717, 1.165) is 11.4 Å². The molecule has 164 valence electrons. The summed E-state index contributed by atoms with van der Waals surface area (Å²) in [5.74, 6) is 0.506. The predicted octanol–water partition coefficient (Wildman–Crippen LogP) is 3.90. The zero-order valence-corrected chi connectivity index (χ0v) is 18.0. The van der Waals surface area contributed by atoms with E-state index in [1.807, 2.05) is 41.3 Å². The summed E-state index contributed by atoms with van der Waals surface area (Å²) < 4.78 is 0. The number of nitro benzene ring substituents is 1. The first-order valence-corrected chi connectivity index (χ1v) is 10.6. The molecule has 2 aromatic carbocycles. The summed E-state index contributed by atoms with van der Waals surface area (Å²) in [6.45, 7) is 2.89. The molecule has 1 fully saturated rings. The molecular formula is C23H22ClN5O3. The van der Waals surface area contributed by atoms with Gasteiger partial charge in [0, 0.05) is 55.6 Å².